The van der Waals surface area contributed by atoms with Gasteiger partial charge in [0.05, 0.1) is 46.8 Å². The highest BCUT2D eigenvalue weighted by molar-refractivity contribution is 6.30. The highest BCUT2D eigenvalue weighted by Crippen LogP contribution is 2.34. The van der Waals surface area contributed by atoms with Crippen molar-refractivity contribution in [3.63, 3.8) is 0 Å². The largest absolute Gasteiger partial charge is 0.478 e. The van der Waals surface area contributed by atoms with Gasteiger partial charge in [0.2, 0.25) is 11.8 Å². The van der Waals surface area contributed by atoms with Crippen LogP contribution in [0.15, 0.2) is 121 Å². The van der Waals surface area contributed by atoms with Crippen molar-refractivity contribution in [1.29, 1.82) is 0 Å². The second-order valence-electron chi connectivity index (χ2n) is 18.5. The fourth-order valence-electron chi connectivity index (χ4n) is 8.88. The maximum absolute atomic E-state index is 15.4. The minimum absolute atomic E-state index is 0.0100. The van der Waals surface area contributed by atoms with Crippen LogP contribution in [0.2, 0.25) is 10.0 Å². The van der Waals surface area contributed by atoms with Crippen molar-refractivity contribution < 1.29 is 73.9 Å². The van der Waals surface area contributed by atoms with E-state index in [1.165, 1.54) is 71.9 Å². The van der Waals surface area contributed by atoms with Crippen LogP contribution in [-0.4, -0.2) is 78.7 Å². The van der Waals surface area contributed by atoms with Gasteiger partial charge in [-0.3, -0.25) is 0 Å². The number of fused-ring (bicyclic) bond motifs is 2. The monoisotopic (exact) mass is 1200 g/mol. The first-order valence-electron chi connectivity index (χ1n) is 25.2. The molecule has 0 saturated carbocycles. The summed E-state index contributed by atoms with van der Waals surface area (Å²) in [6, 6.07) is 28.4. The summed E-state index contributed by atoms with van der Waals surface area (Å²) < 4.78 is 146. The summed E-state index contributed by atoms with van der Waals surface area (Å²) in [6.45, 7) is 0.630. The lowest BCUT2D eigenvalue weighted by Crippen LogP contribution is -2.11. The van der Waals surface area contributed by atoms with Crippen molar-refractivity contribution in [1.82, 2.24) is 29.1 Å². The molecule has 0 fully saturated rings. The number of pyridine rings is 2. The molecular weight excluding hydrogens is 1160 g/mol. The van der Waals surface area contributed by atoms with E-state index in [1.54, 1.807) is 48.5 Å². The van der Waals surface area contributed by atoms with Crippen molar-refractivity contribution in [2.45, 2.75) is 39.1 Å². The molecule has 0 radical (unpaired) electrons. The van der Waals surface area contributed by atoms with E-state index in [9.17, 15) is 28.6 Å². The molecule has 10 rings (SSSR count). The van der Waals surface area contributed by atoms with Crippen LogP contribution in [0.4, 0.5) is 35.1 Å². The Morgan fingerprint density at radius 3 is 1.23 bits per heavy atom. The smallest absolute Gasteiger partial charge is 0.335 e. The van der Waals surface area contributed by atoms with Crippen LogP contribution in [0.3, 0.4) is 0 Å². The van der Waals surface area contributed by atoms with E-state index in [2.05, 4.69) is 19.9 Å². The molecule has 0 aliphatic rings. The first kappa shape index (κ1) is 59.7. The van der Waals surface area contributed by atoms with Crippen LogP contribution in [-0.2, 0) is 48.6 Å². The third-order valence-electron chi connectivity index (χ3n) is 13.1. The molecule has 0 saturated heterocycles. The van der Waals surface area contributed by atoms with Gasteiger partial charge in [0.1, 0.15) is 47.5 Å². The minimum Gasteiger partial charge on any atom is -0.478 e. The molecular formula is C60H44Cl2F8N6O8. The second-order valence-corrected chi connectivity index (χ2v) is 19.4. The average molecular weight is 1200 g/mol. The Morgan fingerprint density at radius 2 is 0.869 bits per heavy atom. The van der Waals surface area contributed by atoms with Gasteiger partial charge < -0.3 is 38.3 Å². The van der Waals surface area contributed by atoms with Crippen LogP contribution >= 0.6 is 23.2 Å². The molecule has 4 aromatic heterocycles. The molecule has 84 heavy (non-hydrogen) atoms. The Labute approximate surface area is 482 Å². The number of hydrogen-bond donors (Lipinski definition) is 2. The molecule has 0 bridgehead atoms. The summed E-state index contributed by atoms with van der Waals surface area (Å²) in [7, 11) is 2.84. The van der Waals surface area contributed by atoms with E-state index in [4.69, 9.17) is 42.1 Å². The Kier molecular flexibility index (Phi) is 18.5. The number of carbonyl (C=O) groups is 2. The molecule has 432 valence electrons. The predicted molar refractivity (Wildman–Crippen MR) is 293 cm³/mol. The molecule has 14 nitrogen and oxygen atoms in total. The van der Waals surface area contributed by atoms with E-state index < -0.39 is 93.6 Å². The van der Waals surface area contributed by atoms with Crippen LogP contribution in [0, 0.1) is 46.5 Å². The van der Waals surface area contributed by atoms with Crippen molar-refractivity contribution in [2.75, 3.05) is 27.4 Å². The highest BCUT2D eigenvalue weighted by atomic mass is 35.5. The van der Waals surface area contributed by atoms with Crippen molar-refractivity contribution in [3.05, 3.63) is 223 Å². The van der Waals surface area contributed by atoms with E-state index in [-0.39, 0.29) is 108 Å². The maximum Gasteiger partial charge on any atom is 0.335 e. The van der Waals surface area contributed by atoms with Crippen LogP contribution < -0.4 is 9.47 Å². The highest BCUT2D eigenvalue weighted by Gasteiger charge is 2.27. The molecule has 4 heterocycles. The quantitative estimate of drug-likeness (QED) is 0.0547. The molecule has 10 aromatic rings. The summed E-state index contributed by atoms with van der Waals surface area (Å²) in [4.78, 5) is 39.6. The Balaban J connectivity index is 0.000000202. The molecule has 0 amide bonds. The summed E-state index contributed by atoms with van der Waals surface area (Å²) in [5, 5.41) is 19.8. The zero-order valence-electron chi connectivity index (χ0n) is 44.0. The third kappa shape index (κ3) is 13.3. The first-order valence-corrected chi connectivity index (χ1v) is 25.9. The Morgan fingerprint density at radius 1 is 0.488 bits per heavy atom. The number of halogens is 10. The first-order chi connectivity index (χ1) is 40.3. The molecule has 0 aliphatic carbocycles. The van der Waals surface area contributed by atoms with Gasteiger partial charge in [-0.25, -0.2) is 64.6 Å². The van der Waals surface area contributed by atoms with Crippen molar-refractivity contribution in [3.8, 4) is 34.3 Å². The van der Waals surface area contributed by atoms with Gasteiger partial charge in [-0.1, -0.05) is 59.6 Å². The normalized spacial score (nSPS) is 11.3. The van der Waals surface area contributed by atoms with Crippen molar-refractivity contribution >= 4 is 57.2 Å². The summed E-state index contributed by atoms with van der Waals surface area (Å²) in [5.74, 6) is -12.1. The fourth-order valence-corrected chi connectivity index (χ4v) is 9.14. The van der Waals surface area contributed by atoms with Gasteiger partial charge in [0.25, 0.3) is 0 Å². The molecule has 0 unspecified atom stereocenters. The fraction of sp³-hybridized carbons (Fsp3) is 0.167. The number of carboxylic acids is 2. The predicted octanol–water partition coefficient (Wildman–Crippen LogP) is 13.6. The number of ether oxygens (including phenoxy) is 4. The molecule has 0 aliphatic heterocycles. The molecule has 6 aromatic carbocycles. The number of hydrogen-bond acceptors (Lipinski definition) is 10. The summed E-state index contributed by atoms with van der Waals surface area (Å²) >= 11 is 11.8. The topological polar surface area (TPSA) is 173 Å². The molecule has 0 atom stereocenters. The minimum atomic E-state index is -1.46. The molecule has 2 N–H and O–H groups in total. The number of aromatic carboxylic acids is 2. The van der Waals surface area contributed by atoms with Gasteiger partial charge in [0.15, 0.2) is 34.9 Å². The van der Waals surface area contributed by atoms with Crippen LogP contribution in [0.25, 0.3) is 44.6 Å². The lowest BCUT2D eigenvalue weighted by atomic mass is 10.0. The lowest BCUT2D eigenvalue weighted by Gasteiger charge is -2.13. The zero-order valence-corrected chi connectivity index (χ0v) is 45.5. The summed E-state index contributed by atoms with van der Waals surface area (Å²) in [6.07, 6.45) is -1.10. The average Bonchev–Trinajstić information content (AvgIpc) is 2.73. The number of imidazole rings is 2. The molecule has 0 spiro atoms. The van der Waals surface area contributed by atoms with Crippen LogP contribution in [0.5, 0.6) is 11.8 Å². The number of aromatic nitrogens is 6. The summed E-state index contributed by atoms with van der Waals surface area (Å²) in [5.41, 5.74) is -1.48. The third-order valence-corrected chi connectivity index (χ3v) is 13.6. The van der Waals surface area contributed by atoms with Crippen molar-refractivity contribution in [2.24, 2.45) is 0 Å². The van der Waals surface area contributed by atoms with Gasteiger partial charge in [-0.05, 0) is 83.9 Å². The van der Waals surface area contributed by atoms with E-state index >= 15 is 26.3 Å². The maximum atomic E-state index is 15.4. The van der Waals surface area contributed by atoms with E-state index in [0.29, 0.717) is 10.0 Å². The van der Waals surface area contributed by atoms with Gasteiger partial charge in [0, 0.05) is 84.6 Å². The Bertz CT molecular complexity index is 3850. The second kappa shape index (κ2) is 26.1. The SMILES string of the molecule is COCCn1c(Cc2c(F)cc(-c3cccc(OCc4ccc(Cl)cc4)n3)c(F)c2F)nc2c(F)cc(C(=O)O)cc21.COCCn1c(Cc2c(F)cc(-c3cccc(OCc4ccc(Cl)cc4)n3)c(F)c2F)nc2c(F)cc(C(=O)O)cc21. The lowest BCUT2D eigenvalue weighted by molar-refractivity contribution is 0.0686. The standard InChI is InChI=1S/2C30H22ClF4N3O4/c2*1-41-10-9-38-24-12-17(30(39)40)11-22(33)29(24)37-25(38)14-19-21(32)13-20(28(35)27(19)34)23-3-2-4-26(36-23)42-15-16-5-7-18(31)8-6-16/h2*2-8,11-13H,9-10,14-15H2,1H3,(H,39,40). The van der Waals surface area contributed by atoms with Gasteiger partial charge >= 0.3 is 11.9 Å². The number of nitrogens with zero attached hydrogens (tertiary/aromatic N) is 6. The number of rotatable bonds is 20. The number of carboxylic acid groups (broad SMARTS) is 2. The molecule has 24 heteroatoms. The van der Waals surface area contributed by atoms with Crippen LogP contribution in [0.1, 0.15) is 54.6 Å². The number of methoxy groups -OCH3 is 2. The zero-order chi connectivity index (χ0) is 59.9. The van der Waals surface area contributed by atoms with E-state index in [1.807, 2.05) is 0 Å². The Hall–Kier alpha value is -8.96. The van der Waals surface area contributed by atoms with Gasteiger partial charge in [-0.15, -0.1) is 0 Å². The van der Waals surface area contributed by atoms with E-state index in [0.717, 1.165) is 35.4 Å². The van der Waals surface area contributed by atoms with Gasteiger partial charge in [-0.2, -0.15) is 0 Å². The number of benzene rings is 6.